The number of Topliss-reactive ketones (excluding diaryl/α,β-unsaturated/α-hetero) is 2. The molecule has 0 heterocycles. The Morgan fingerprint density at radius 3 is 2.36 bits per heavy atom. The lowest BCUT2D eigenvalue weighted by molar-refractivity contribution is -0.116. The highest BCUT2D eigenvalue weighted by molar-refractivity contribution is 5.94. The topological polar surface area (TPSA) is 34.1 Å². The van der Waals surface area contributed by atoms with E-state index in [-0.39, 0.29) is 11.6 Å². The molecule has 0 aliphatic carbocycles. The van der Waals surface area contributed by atoms with Crippen molar-refractivity contribution >= 4 is 11.6 Å². The molecule has 0 aliphatic heterocycles. The summed E-state index contributed by atoms with van der Waals surface area (Å²) in [7, 11) is 0. The molecule has 1 rings (SSSR count). The summed E-state index contributed by atoms with van der Waals surface area (Å²) in [6.07, 6.45) is 0.410. The number of benzene rings is 1. The SMILES string of the molecule is CC(=O)Cc1cc(C(C)=O)ccc1C. The molecule has 0 radical (unpaired) electrons. The second kappa shape index (κ2) is 4.18. The van der Waals surface area contributed by atoms with E-state index in [1.54, 1.807) is 19.1 Å². The highest BCUT2D eigenvalue weighted by Crippen LogP contribution is 2.12. The number of carbonyl (C=O) groups excluding carboxylic acids is 2. The van der Waals surface area contributed by atoms with E-state index in [4.69, 9.17) is 0 Å². The highest BCUT2D eigenvalue weighted by Gasteiger charge is 2.05. The van der Waals surface area contributed by atoms with Crippen LogP contribution >= 0.6 is 0 Å². The number of hydrogen-bond acceptors (Lipinski definition) is 2. The van der Waals surface area contributed by atoms with Gasteiger partial charge in [0.2, 0.25) is 0 Å². The Kier molecular flexibility index (Phi) is 3.18. The van der Waals surface area contributed by atoms with Gasteiger partial charge in [0.15, 0.2) is 5.78 Å². The quantitative estimate of drug-likeness (QED) is 0.685. The van der Waals surface area contributed by atoms with Gasteiger partial charge >= 0.3 is 0 Å². The highest BCUT2D eigenvalue weighted by atomic mass is 16.1. The van der Waals surface area contributed by atoms with Crippen LogP contribution in [0.3, 0.4) is 0 Å². The van der Waals surface area contributed by atoms with Crippen LogP contribution in [0.1, 0.15) is 35.3 Å². The zero-order valence-corrected chi connectivity index (χ0v) is 8.76. The second-order valence-electron chi connectivity index (χ2n) is 3.58. The lowest BCUT2D eigenvalue weighted by atomic mass is 9.99. The predicted octanol–water partition coefficient (Wildman–Crippen LogP) is 2.33. The van der Waals surface area contributed by atoms with Crippen molar-refractivity contribution in [1.82, 2.24) is 0 Å². The summed E-state index contributed by atoms with van der Waals surface area (Å²) in [6, 6.07) is 5.48. The summed E-state index contributed by atoms with van der Waals surface area (Å²) in [5, 5.41) is 0. The third kappa shape index (κ3) is 2.52. The van der Waals surface area contributed by atoms with Crippen LogP contribution in [0.4, 0.5) is 0 Å². The van der Waals surface area contributed by atoms with E-state index in [0.717, 1.165) is 11.1 Å². The average molecular weight is 190 g/mol. The zero-order chi connectivity index (χ0) is 10.7. The van der Waals surface area contributed by atoms with Crippen LogP contribution in [-0.4, -0.2) is 11.6 Å². The predicted molar refractivity (Wildman–Crippen MR) is 55.6 cm³/mol. The van der Waals surface area contributed by atoms with Gasteiger partial charge < -0.3 is 0 Å². The molecule has 14 heavy (non-hydrogen) atoms. The maximum atomic E-state index is 11.1. The van der Waals surface area contributed by atoms with Crippen LogP contribution in [0.25, 0.3) is 0 Å². The first-order valence-electron chi connectivity index (χ1n) is 4.60. The van der Waals surface area contributed by atoms with Crippen molar-refractivity contribution < 1.29 is 9.59 Å². The minimum atomic E-state index is 0.0369. The van der Waals surface area contributed by atoms with Crippen molar-refractivity contribution in [2.24, 2.45) is 0 Å². The van der Waals surface area contributed by atoms with E-state index < -0.39 is 0 Å². The fourth-order valence-electron chi connectivity index (χ4n) is 1.35. The Morgan fingerprint density at radius 2 is 1.86 bits per heavy atom. The fraction of sp³-hybridized carbons (Fsp3) is 0.333. The van der Waals surface area contributed by atoms with Gasteiger partial charge in [0.05, 0.1) is 0 Å². The van der Waals surface area contributed by atoms with E-state index in [1.807, 2.05) is 13.0 Å². The zero-order valence-electron chi connectivity index (χ0n) is 8.76. The van der Waals surface area contributed by atoms with Crippen molar-refractivity contribution in [2.75, 3.05) is 0 Å². The van der Waals surface area contributed by atoms with Crippen LogP contribution in [0, 0.1) is 6.92 Å². The minimum absolute atomic E-state index is 0.0369. The average Bonchev–Trinajstić information content (AvgIpc) is 2.07. The van der Waals surface area contributed by atoms with Gasteiger partial charge in [0.1, 0.15) is 5.78 Å². The largest absolute Gasteiger partial charge is 0.300 e. The molecule has 0 N–H and O–H groups in total. The number of hydrogen-bond donors (Lipinski definition) is 0. The van der Waals surface area contributed by atoms with Crippen LogP contribution in [0.15, 0.2) is 18.2 Å². The molecule has 1 aromatic carbocycles. The maximum absolute atomic E-state index is 11.1. The third-order valence-electron chi connectivity index (χ3n) is 2.20. The molecule has 0 aliphatic rings. The Labute approximate surface area is 83.9 Å². The molecule has 0 unspecified atom stereocenters. The molecule has 74 valence electrons. The molecular weight excluding hydrogens is 176 g/mol. The van der Waals surface area contributed by atoms with E-state index >= 15 is 0 Å². The summed E-state index contributed by atoms with van der Waals surface area (Å²) < 4.78 is 0. The van der Waals surface area contributed by atoms with Gasteiger partial charge in [-0.15, -0.1) is 0 Å². The monoisotopic (exact) mass is 190 g/mol. The van der Waals surface area contributed by atoms with Gasteiger partial charge in [0, 0.05) is 12.0 Å². The van der Waals surface area contributed by atoms with Crippen LogP contribution in [-0.2, 0) is 11.2 Å². The molecule has 0 spiro atoms. The standard InChI is InChI=1S/C12H14O2/c1-8-4-5-11(10(3)14)7-12(8)6-9(2)13/h4-5,7H,6H2,1-3H3. The van der Waals surface area contributed by atoms with E-state index in [1.165, 1.54) is 6.92 Å². The van der Waals surface area contributed by atoms with Crippen LogP contribution in [0.2, 0.25) is 0 Å². The van der Waals surface area contributed by atoms with Crippen molar-refractivity contribution in [3.05, 3.63) is 34.9 Å². The maximum Gasteiger partial charge on any atom is 0.159 e. The van der Waals surface area contributed by atoms with E-state index in [2.05, 4.69) is 0 Å². The van der Waals surface area contributed by atoms with Crippen molar-refractivity contribution in [1.29, 1.82) is 0 Å². The van der Waals surface area contributed by atoms with Crippen LogP contribution in [0.5, 0.6) is 0 Å². The van der Waals surface area contributed by atoms with Gasteiger partial charge in [0.25, 0.3) is 0 Å². The van der Waals surface area contributed by atoms with Gasteiger partial charge in [-0.3, -0.25) is 9.59 Å². The minimum Gasteiger partial charge on any atom is -0.300 e. The molecule has 0 amide bonds. The first-order chi connectivity index (χ1) is 6.50. The molecule has 0 saturated carbocycles. The molecule has 2 nitrogen and oxygen atoms in total. The summed E-state index contributed by atoms with van der Waals surface area (Å²) in [5.74, 6) is 0.156. The first-order valence-corrected chi connectivity index (χ1v) is 4.60. The molecular formula is C12H14O2. The molecule has 1 aromatic rings. The lowest BCUT2D eigenvalue weighted by Gasteiger charge is -2.05. The summed E-state index contributed by atoms with van der Waals surface area (Å²) >= 11 is 0. The number of aryl methyl sites for hydroxylation is 1. The Bertz CT molecular complexity index is 378. The summed E-state index contributed by atoms with van der Waals surface area (Å²) in [4.78, 5) is 22.1. The molecule has 0 saturated heterocycles. The van der Waals surface area contributed by atoms with Gasteiger partial charge in [-0.25, -0.2) is 0 Å². The lowest BCUT2D eigenvalue weighted by Crippen LogP contribution is -2.01. The van der Waals surface area contributed by atoms with Gasteiger partial charge in [-0.1, -0.05) is 12.1 Å². The number of ketones is 2. The third-order valence-corrected chi connectivity index (χ3v) is 2.20. The number of rotatable bonds is 3. The van der Waals surface area contributed by atoms with Gasteiger partial charge in [-0.2, -0.15) is 0 Å². The normalized spacial score (nSPS) is 9.93. The summed E-state index contributed by atoms with van der Waals surface area (Å²) in [5.41, 5.74) is 2.68. The molecule has 0 bridgehead atoms. The number of carbonyl (C=O) groups is 2. The second-order valence-corrected chi connectivity index (χ2v) is 3.58. The van der Waals surface area contributed by atoms with E-state index in [0.29, 0.717) is 12.0 Å². The van der Waals surface area contributed by atoms with Crippen molar-refractivity contribution in [2.45, 2.75) is 27.2 Å². The molecule has 0 atom stereocenters. The molecule has 0 fully saturated rings. The summed E-state index contributed by atoms with van der Waals surface area (Å²) in [6.45, 7) is 5.03. The molecule has 2 heteroatoms. The smallest absolute Gasteiger partial charge is 0.159 e. The van der Waals surface area contributed by atoms with Crippen molar-refractivity contribution in [3.8, 4) is 0 Å². The first kappa shape index (κ1) is 10.6. The fourth-order valence-corrected chi connectivity index (χ4v) is 1.35. The van der Waals surface area contributed by atoms with Gasteiger partial charge in [-0.05, 0) is 38.0 Å². The van der Waals surface area contributed by atoms with E-state index in [9.17, 15) is 9.59 Å². The van der Waals surface area contributed by atoms with Crippen molar-refractivity contribution in [3.63, 3.8) is 0 Å². The Hall–Kier alpha value is -1.44. The molecule has 0 aromatic heterocycles. The van der Waals surface area contributed by atoms with Crippen LogP contribution < -0.4 is 0 Å². The Balaban J connectivity index is 3.08. The Morgan fingerprint density at radius 1 is 1.21 bits per heavy atom.